The van der Waals surface area contributed by atoms with Crippen molar-refractivity contribution in [3.05, 3.63) is 23.3 Å². The molecular formula is C7H10N2. The lowest BCUT2D eigenvalue weighted by Crippen LogP contribution is -1.91. The Hall–Kier alpha value is -1.05. The lowest BCUT2D eigenvalue weighted by Gasteiger charge is -1.97. The van der Waals surface area contributed by atoms with Gasteiger partial charge in [0.25, 0.3) is 0 Å². The van der Waals surface area contributed by atoms with E-state index in [1.807, 2.05) is 0 Å². The topological polar surface area (TPSA) is 38.9 Å². The molecule has 1 rings (SSSR count). The minimum absolute atomic E-state index is 0.464. The minimum atomic E-state index is -2.83. The maximum absolute atomic E-state index is 7.49. The zero-order valence-electron chi connectivity index (χ0n) is 12.5. The summed E-state index contributed by atoms with van der Waals surface area (Å²) in [6.45, 7) is -5.65. The minimum Gasteiger partial charge on any atom is -0.384 e. The van der Waals surface area contributed by atoms with E-state index in [0.717, 1.165) is 0 Å². The van der Waals surface area contributed by atoms with Gasteiger partial charge >= 0.3 is 0 Å². The summed E-state index contributed by atoms with van der Waals surface area (Å²) in [7, 11) is 0. The van der Waals surface area contributed by atoms with Crippen molar-refractivity contribution >= 4 is 5.82 Å². The molecule has 0 aromatic carbocycles. The number of aromatic nitrogens is 1. The second-order valence-electron chi connectivity index (χ2n) is 1.48. The summed E-state index contributed by atoms with van der Waals surface area (Å²) in [6.07, 6.45) is -0.732. The number of anilines is 1. The van der Waals surface area contributed by atoms with Crippen molar-refractivity contribution in [2.45, 2.75) is 13.7 Å². The summed E-state index contributed by atoms with van der Waals surface area (Å²) < 4.78 is 58.2. The van der Waals surface area contributed by atoms with Gasteiger partial charge in [-0.2, -0.15) is 0 Å². The average molecular weight is 130 g/mol. The van der Waals surface area contributed by atoms with E-state index in [1.165, 1.54) is 0 Å². The van der Waals surface area contributed by atoms with Crippen molar-refractivity contribution in [1.82, 2.24) is 4.98 Å². The standard InChI is InChI=1S/C7H10N2/c1-5-3-7(8)9-4-6(5)2/h3-4H,1-2H3,(H2,8,9)/i1D3,2D3,3D,4D. The SMILES string of the molecule is [2H]c1nc(N)c([2H])c(C([2H])([2H])[2H])c1C([2H])([2H])[2H]. The molecule has 2 N–H and O–H groups in total. The molecule has 1 aromatic rings. The van der Waals surface area contributed by atoms with Crippen LogP contribution in [-0.2, 0) is 0 Å². The molecule has 1 heterocycles. The average Bonchev–Trinajstić information content (AvgIpc) is 2.06. The third-order valence-corrected chi connectivity index (χ3v) is 0.791. The summed E-state index contributed by atoms with van der Waals surface area (Å²) in [5.41, 5.74) is 3.81. The van der Waals surface area contributed by atoms with E-state index in [-0.39, 0.29) is 0 Å². The van der Waals surface area contributed by atoms with Gasteiger partial charge in [-0.1, -0.05) is 0 Å². The van der Waals surface area contributed by atoms with E-state index in [1.54, 1.807) is 0 Å². The number of nitrogens with zero attached hydrogens (tertiary/aromatic N) is 1. The van der Waals surface area contributed by atoms with Crippen LogP contribution >= 0.6 is 0 Å². The summed E-state index contributed by atoms with van der Waals surface area (Å²) in [6, 6.07) is -0.660. The van der Waals surface area contributed by atoms with Gasteiger partial charge in [0.05, 0.1) is 2.74 Å². The fourth-order valence-corrected chi connectivity index (χ4v) is 0.391. The first-order valence-corrected chi connectivity index (χ1v) is 2.24. The van der Waals surface area contributed by atoms with Crippen LogP contribution in [-0.4, -0.2) is 4.98 Å². The van der Waals surface area contributed by atoms with Crippen molar-refractivity contribution in [3.8, 4) is 0 Å². The van der Waals surface area contributed by atoms with E-state index in [0.29, 0.717) is 0 Å². The van der Waals surface area contributed by atoms with E-state index in [2.05, 4.69) is 4.98 Å². The molecule has 2 nitrogen and oxygen atoms in total. The molecule has 1 aromatic heterocycles. The maximum atomic E-state index is 7.49. The van der Waals surface area contributed by atoms with Crippen LogP contribution in [0.25, 0.3) is 0 Å². The Kier molecular flexibility index (Phi) is 0.344. The lowest BCUT2D eigenvalue weighted by molar-refractivity contribution is 1.22. The Balaban J connectivity index is 3.76. The predicted octanol–water partition coefficient (Wildman–Crippen LogP) is 1.28. The van der Waals surface area contributed by atoms with E-state index in [9.17, 15) is 0 Å². The predicted molar refractivity (Wildman–Crippen MR) is 38.1 cm³/mol. The molecule has 0 unspecified atom stereocenters. The number of hydrogen-bond acceptors (Lipinski definition) is 2. The highest BCUT2D eigenvalue weighted by atomic mass is 14.8. The molecule has 2 heteroatoms. The molecule has 0 spiro atoms. The number of rotatable bonds is 0. The van der Waals surface area contributed by atoms with E-state index in [4.69, 9.17) is 16.7 Å². The van der Waals surface area contributed by atoms with Crippen LogP contribution in [0.15, 0.2) is 12.2 Å². The molecule has 0 atom stereocenters. The molecule has 0 fully saturated rings. The van der Waals surface area contributed by atoms with Gasteiger partial charge in [0.2, 0.25) is 0 Å². The Morgan fingerprint density at radius 1 is 1.67 bits per heavy atom. The first-order valence-electron chi connectivity index (χ1n) is 6.24. The van der Waals surface area contributed by atoms with Crippen molar-refractivity contribution in [3.63, 3.8) is 0 Å². The Morgan fingerprint density at radius 3 is 3.11 bits per heavy atom. The van der Waals surface area contributed by atoms with Gasteiger partial charge in [-0.15, -0.1) is 0 Å². The Labute approximate surface area is 66.0 Å². The van der Waals surface area contributed by atoms with Gasteiger partial charge in [-0.05, 0) is 30.9 Å². The lowest BCUT2D eigenvalue weighted by atomic mass is 10.2. The Morgan fingerprint density at radius 2 is 2.44 bits per heavy atom. The summed E-state index contributed by atoms with van der Waals surface area (Å²) in [5.74, 6) is -0.464. The van der Waals surface area contributed by atoms with Gasteiger partial charge in [-0.25, -0.2) is 4.98 Å². The molecular weight excluding hydrogens is 112 g/mol. The van der Waals surface area contributed by atoms with E-state index < -0.39 is 42.9 Å². The second kappa shape index (κ2) is 2.05. The summed E-state index contributed by atoms with van der Waals surface area (Å²) in [4.78, 5) is 3.36. The molecule has 0 aliphatic heterocycles. The van der Waals surface area contributed by atoms with E-state index >= 15 is 0 Å². The largest absolute Gasteiger partial charge is 0.384 e. The monoisotopic (exact) mass is 130 g/mol. The third-order valence-electron chi connectivity index (χ3n) is 0.791. The molecule has 48 valence electrons. The quantitative estimate of drug-likeness (QED) is 0.574. The normalized spacial score (nSPS) is 25.3. The summed E-state index contributed by atoms with van der Waals surface area (Å²) in [5, 5.41) is 0. The third kappa shape index (κ3) is 1.19. The highest BCUT2D eigenvalue weighted by molar-refractivity contribution is 5.35. The first kappa shape index (κ1) is 1.51. The molecule has 0 bridgehead atoms. The molecule has 0 saturated carbocycles. The number of nitrogens with two attached hydrogens (primary N) is 1. The van der Waals surface area contributed by atoms with Crippen LogP contribution < -0.4 is 5.73 Å². The first-order chi connectivity index (χ1) is 7.46. The number of nitrogen functional groups attached to an aromatic ring is 1. The highest BCUT2D eigenvalue weighted by Crippen LogP contribution is 2.06. The molecule has 0 radical (unpaired) electrons. The van der Waals surface area contributed by atoms with Gasteiger partial charge < -0.3 is 5.73 Å². The van der Waals surface area contributed by atoms with Crippen molar-refractivity contribution < 1.29 is 11.0 Å². The van der Waals surface area contributed by atoms with Crippen molar-refractivity contribution in [2.24, 2.45) is 0 Å². The molecule has 0 aliphatic carbocycles. The van der Waals surface area contributed by atoms with Crippen LogP contribution in [0.2, 0.25) is 0 Å². The second-order valence-corrected chi connectivity index (χ2v) is 1.48. The Bertz CT molecular complexity index is 447. The smallest absolute Gasteiger partial charge is 0.123 e. The maximum Gasteiger partial charge on any atom is 0.123 e. The van der Waals surface area contributed by atoms with Crippen LogP contribution in [0.1, 0.15) is 22.1 Å². The van der Waals surface area contributed by atoms with Crippen LogP contribution in [0, 0.1) is 13.7 Å². The highest BCUT2D eigenvalue weighted by Gasteiger charge is 1.90. The van der Waals surface area contributed by atoms with Crippen molar-refractivity contribution in [1.29, 1.82) is 0 Å². The van der Waals surface area contributed by atoms with Crippen molar-refractivity contribution in [2.75, 3.05) is 5.73 Å². The van der Waals surface area contributed by atoms with Gasteiger partial charge in [0.15, 0.2) is 0 Å². The van der Waals surface area contributed by atoms with Crippen LogP contribution in [0.4, 0.5) is 5.82 Å². The van der Waals surface area contributed by atoms with Crippen LogP contribution in [0.3, 0.4) is 0 Å². The summed E-state index contributed by atoms with van der Waals surface area (Å²) >= 11 is 0. The molecule has 0 amide bonds. The van der Waals surface area contributed by atoms with Gasteiger partial charge in [0.1, 0.15) is 5.82 Å². The zero-order valence-corrected chi connectivity index (χ0v) is 4.52. The fraction of sp³-hybridized carbons (Fsp3) is 0.286. The van der Waals surface area contributed by atoms with Gasteiger partial charge in [0, 0.05) is 14.4 Å². The fourth-order valence-electron chi connectivity index (χ4n) is 0.391. The molecule has 0 aliphatic rings. The molecule has 9 heavy (non-hydrogen) atoms. The number of pyridine rings is 1. The molecule has 0 saturated heterocycles. The van der Waals surface area contributed by atoms with Gasteiger partial charge in [-0.3, -0.25) is 0 Å². The van der Waals surface area contributed by atoms with Crippen LogP contribution in [0.5, 0.6) is 0 Å². The zero-order chi connectivity index (χ0) is 13.6. The number of hydrogen-bond donors (Lipinski definition) is 1.